The van der Waals surface area contributed by atoms with Gasteiger partial charge in [0.2, 0.25) is 11.0 Å². The molecule has 0 aliphatic carbocycles. The summed E-state index contributed by atoms with van der Waals surface area (Å²) < 4.78 is 15.8. The zero-order valence-corrected chi connectivity index (χ0v) is 40.8. The van der Waals surface area contributed by atoms with E-state index in [1.165, 1.54) is 150 Å². The van der Waals surface area contributed by atoms with Gasteiger partial charge in [0.05, 0.1) is 23.0 Å². The van der Waals surface area contributed by atoms with Crippen LogP contribution in [0.15, 0.2) is 11.0 Å². The topological polar surface area (TPSA) is 60.4 Å². The van der Waals surface area contributed by atoms with Crippen molar-refractivity contribution >= 4 is 34.6 Å². The van der Waals surface area contributed by atoms with Crippen molar-refractivity contribution in [2.75, 3.05) is 13.2 Å². The van der Waals surface area contributed by atoms with Crippen LogP contribution in [-0.4, -0.2) is 25.2 Å². The molecule has 0 bridgehead atoms. The molecule has 2 rings (SSSR count). The van der Waals surface area contributed by atoms with Gasteiger partial charge < -0.3 is 57.4 Å². The van der Waals surface area contributed by atoms with Gasteiger partial charge in [0, 0.05) is 52.4 Å². The summed E-state index contributed by atoms with van der Waals surface area (Å²) in [6.45, 7) is 12.0. The van der Waals surface area contributed by atoms with Crippen LogP contribution >= 0.6 is 22.7 Å². The minimum absolute atomic E-state index is 0. The minimum Gasteiger partial charge on any atom is -1.00 e. The number of halogens is 2. The second-order valence-electron chi connectivity index (χ2n) is 15.1. The summed E-state index contributed by atoms with van der Waals surface area (Å²) in [6, 6.07) is 0. The van der Waals surface area contributed by atoms with Gasteiger partial charge >= 0.3 is 11.9 Å². The van der Waals surface area contributed by atoms with Gasteiger partial charge in [-0.15, -0.1) is 0 Å². The smallest absolute Gasteiger partial charge is 0.305 e. The third-order valence-corrected chi connectivity index (χ3v) is 12.8. The monoisotopic (exact) mass is 1020 g/mol. The van der Waals surface area contributed by atoms with Gasteiger partial charge in [-0.3, -0.25) is 9.59 Å². The lowest BCUT2D eigenvalue weighted by atomic mass is 10.1. The standard InChI is InChI=1S/C44H78N2O4S2.2HI/c1-5-7-9-11-13-15-17-19-23-27-33-45-37-51-41(39(45)3)31-35-49-43(47)29-25-21-22-26-30-44(48)50-36-32-42-40(4)46(38-52-42)34-28-24-20-18-16-14-12-10-8-6-2;;/h37-38H,5-36H2,1-4H3;2*1H/q+2;;/p-2. The first-order valence-corrected chi connectivity index (χ1v) is 23.5. The van der Waals surface area contributed by atoms with Crippen molar-refractivity contribution < 1.29 is 76.2 Å². The molecule has 0 unspecified atom stereocenters. The van der Waals surface area contributed by atoms with Crippen LogP contribution in [0.2, 0.25) is 0 Å². The molecule has 0 aromatic carbocycles. The summed E-state index contributed by atoms with van der Waals surface area (Å²) in [7, 11) is 0. The predicted octanol–water partition coefficient (Wildman–Crippen LogP) is 6.06. The number of ether oxygens (including phenoxy) is 2. The molecule has 0 radical (unpaired) electrons. The number of carbonyl (C=O) groups is 2. The number of thiazole rings is 2. The Labute approximate surface area is 373 Å². The van der Waals surface area contributed by atoms with Gasteiger partial charge in [0.25, 0.3) is 0 Å². The van der Waals surface area contributed by atoms with Crippen LogP contribution < -0.4 is 57.1 Å². The van der Waals surface area contributed by atoms with Crippen LogP contribution in [0, 0.1) is 13.8 Å². The van der Waals surface area contributed by atoms with Gasteiger partial charge in [-0.2, -0.15) is 9.13 Å². The lowest BCUT2D eigenvalue weighted by Crippen LogP contribution is -3.00. The van der Waals surface area contributed by atoms with Crippen molar-refractivity contribution in [1.82, 2.24) is 0 Å². The Morgan fingerprint density at radius 2 is 0.778 bits per heavy atom. The molecule has 0 saturated heterocycles. The van der Waals surface area contributed by atoms with Crippen molar-refractivity contribution in [2.24, 2.45) is 0 Å². The Kier molecular flexibility index (Phi) is 36.7. The SMILES string of the molecule is CCCCCCCCCCCC[n+]1csc(CCOC(=O)CCCCCCC(=O)OCCc2sc[n+](CCCCCCCCCCCC)c2C)c1C.[I-].[I-]. The van der Waals surface area contributed by atoms with E-state index in [2.05, 4.69) is 47.9 Å². The number of rotatable bonds is 35. The van der Waals surface area contributed by atoms with E-state index >= 15 is 0 Å². The van der Waals surface area contributed by atoms with E-state index in [-0.39, 0.29) is 59.9 Å². The highest BCUT2D eigenvalue weighted by Gasteiger charge is 2.17. The summed E-state index contributed by atoms with van der Waals surface area (Å²) >= 11 is 3.57. The van der Waals surface area contributed by atoms with Crippen molar-refractivity contribution in [2.45, 2.75) is 221 Å². The molecule has 0 fully saturated rings. The van der Waals surface area contributed by atoms with Crippen LogP contribution in [0.25, 0.3) is 0 Å². The number of hydrogen-bond donors (Lipinski definition) is 0. The Balaban J connectivity index is 0.0000140. The quantitative estimate of drug-likeness (QED) is 0.0365. The highest BCUT2D eigenvalue weighted by molar-refractivity contribution is 7.09. The zero-order valence-electron chi connectivity index (χ0n) is 34.9. The molecule has 2 aromatic rings. The Morgan fingerprint density at radius 3 is 1.11 bits per heavy atom. The predicted molar refractivity (Wildman–Crippen MR) is 219 cm³/mol. The Hall–Kier alpha value is -0.340. The summed E-state index contributed by atoms with van der Waals surface area (Å²) in [6.07, 6.45) is 33.2. The van der Waals surface area contributed by atoms with Gasteiger partial charge in [-0.1, -0.05) is 152 Å². The number of hydrogen-bond acceptors (Lipinski definition) is 6. The Bertz CT molecular complexity index is 1100. The fourth-order valence-electron chi connectivity index (χ4n) is 6.91. The van der Waals surface area contributed by atoms with Crippen molar-refractivity contribution in [1.29, 1.82) is 0 Å². The van der Waals surface area contributed by atoms with E-state index in [0.717, 1.165) is 51.6 Å². The molecular formula is C44H78I2N2O4S2. The number of esters is 2. The van der Waals surface area contributed by atoms with Crippen molar-refractivity contribution in [3.63, 3.8) is 0 Å². The first-order valence-electron chi connectivity index (χ1n) is 21.7. The van der Waals surface area contributed by atoms with E-state index < -0.39 is 0 Å². The molecule has 6 nitrogen and oxygen atoms in total. The molecule has 10 heteroatoms. The molecule has 2 heterocycles. The maximum atomic E-state index is 12.3. The van der Waals surface area contributed by atoms with Crippen molar-refractivity contribution in [3.8, 4) is 0 Å². The third-order valence-electron chi connectivity index (χ3n) is 10.5. The minimum atomic E-state index is -0.111. The Morgan fingerprint density at radius 1 is 0.481 bits per heavy atom. The third kappa shape index (κ3) is 26.6. The number of nitrogens with zero attached hydrogens (tertiary/aromatic N) is 2. The van der Waals surface area contributed by atoms with Crippen LogP contribution in [0.1, 0.15) is 202 Å². The molecule has 314 valence electrons. The zero-order chi connectivity index (χ0) is 37.5. The van der Waals surface area contributed by atoms with Gasteiger partial charge in [-0.05, 0) is 25.7 Å². The molecule has 0 saturated carbocycles. The maximum Gasteiger partial charge on any atom is 0.305 e. The number of unbranched alkanes of at least 4 members (excludes halogenated alkanes) is 21. The molecule has 2 aromatic heterocycles. The van der Waals surface area contributed by atoms with Crippen LogP contribution in [-0.2, 0) is 45.0 Å². The normalized spacial score (nSPS) is 11.0. The van der Waals surface area contributed by atoms with E-state index in [9.17, 15) is 9.59 Å². The molecule has 0 aliphatic heterocycles. The summed E-state index contributed by atoms with van der Waals surface area (Å²) in [5.74, 6) is -0.221. The van der Waals surface area contributed by atoms with E-state index in [0.29, 0.717) is 26.1 Å². The number of carbonyl (C=O) groups excluding carboxylic acids is 2. The average Bonchev–Trinajstić information content (AvgIpc) is 3.67. The summed E-state index contributed by atoms with van der Waals surface area (Å²) in [5.41, 5.74) is 7.10. The first kappa shape index (κ1) is 53.7. The second kappa shape index (κ2) is 37.0. The molecule has 54 heavy (non-hydrogen) atoms. The van der Waals surface area contributed by atoms with Gasteiger partial charge in [-0.25, -0.2) is 0 Å². The fraction of sp³-hybridized carbons (Fsp3) is 0.818. The van der Waals surface area contributed by atoms with Crippen molar-refractivity contribution in [3.05, 3.63) is 32.2 Å². The van der Waals surface area contributed by atoms with E-state index in [4.69, 9.17) is 9.47 Å². The summed E-state index contributed by atoms with van der Waals surface area (Å²) in [5, 5.41) is 0. The van der Waals surface area contributed by atoms with Gasteiger partial charge in [0.1, 0.15) is 13.1 Å². The molecule has 0 spiro atoms. The van der Waals surface area contributed by atoms with Crippen LogP contribution in [0.3, 0.4) is 0 Å². The highest BCUT2D eigenvalue weighted by Crippen LogP contribution is 2.16. The molecular weight excluding hydrogens is 938 g/mol. The molecule has 0 N–H and O–H groups in total. The van der Waals surface area contributed by atoms with E-state index in [1.807, 2.05) is 0 Å². The molecule has 0 aliphatic rings. The lowest BCUT2D eigenvalue weighted by molar-refractivity contribution is -0.698. The number of aryl methyl sites for hydroxylation is 2. The van der Waals surface area contributed by atoms with Crippen LogP contribution in [0.4, 0.5) is 0 Å². The molecule has 0 amide bonds. The van der Waals surface area contributed by atoms with Gasteiger partial charge in [0.15, 0.2) is 11.4 Å². The average molecular weight is 1020 g/mol. The molecule has 0 atom stereocenters. The number of aromatic nitrogens is 2. The summed E-state index contributed by atoms with van der Waals surface area (Å²) in [4.78, 5) is 27.2. The lowest BCUT2D eigenvalue weighted by Gasteiger charge is -2.05. The second-order valence-corrected chi connectivity index (χ2v) is 16.9. The van der Waals surface area contributed by atoms with Crippen LogP contribution in [0.5, 0.6) is 0 Å². The fourth-order valence-corrected chi connectivity index (χ4v) is 8.93. The highest BCUT2D eigenvalue weighted by atomic mass is 127. The first-order chi connectivity index (χ1) is 25.5. The maximum absolute atomic E-state index is 12.3. The van der Waals surface area contributed by atoms with E-state index in [1.54, 1.807) is 22.7 Å². The largest absolute Gasteiger partial charge is 1.00 e.